The van der Waals surface area contributed by atoms with E-state index in [0.29, 0.717) is 0 Å². The van der Waals surface area contributed by atoms with Gasteiger partial charge < -0.3 is 9.88 Å². The number of nitrogens with zero attached hydrogens (tertiary/aromatic N) is 2. The Labute approximate surface area is 100 Å². The van der Waals surface area contributed by atoms with Crippen LogP contribution in [0.2, 0.25) is 0 Å². The molecule has 0 saturated heterocycles. The lowest BCUT2D eigenvalue weighted by molar-refractivity contribution is 0.580. The Kier molecular flexibility index (Phi) is 4.13. The molecule has 2 heterocycles. The van der Waals surface area contributed by atoms with Gasteiger partial charge in [-0.1, -0.05) is 0 Å². The predicted molar refractivity (Wildman–Crippen MR) is 67.6 cm³/mol. The lowest BCUT2D eigenvalue weighted by Gasteiger charge is -2.05. The molecule has 0 amide bonds. The van der Waals surface area contributed by atoms with Crippen molar-refractivity contribution in [1.82, 2.24) is 14.9 Å². The molecule has 0 spiro atoms. The van der Waals surface area contributed by atoms with Gasteiger partial charge in [-0.15, -0.1) is 0 Å². The summed E-state index contributed by atoms with van der Waals surface area (Å²) in [6.07, 6.45) is 6.83. The van der Waals surface area contributed by atoms with Crippen LogP contribution in [0.5, 0.6) is 0 Å². The number of hydrogen-bond acceptors (Lipinski definition) is 3. The third kappa shape index (κ3) is 3.18. The minimum atomic E-state index is 0.985. The second-order valence-electron chi connectivity index (χ2n) is 3.91. The van der Waals surface area contributed by atoms with Crippen molar-refractivity contribution >= 4 is 11.3 Å². The first-order chi connectivity index (χ1) is 7.86. The van der Waals surface area contributed by atoms with E-state index in [2.05, 4.69) is 32.6 Å². The number of hydrogen-bond donors (Lipinski definition) is 1. The van der Waals surface area contributed by atoms with Crippen LogP contribution in [0.1, 0.15) is 17.5 Å². The minimum absolute atomic E-state index is 0.985. The van der Waals surface area contributed by atoms with Gasteiger partial charge in [0.15, 0.2) is 0 Å². The van der Waals surface area contributed by atoms with Crippen LogP contribution >= 0.6 is 11.3 Å². The fraction of sp³-hybridized carbons (Fsp3) is 0.417. The maximum absolute atomic E-state index is 4.02. The van der Waals surface area contributed by atoms with Gasteiger partial charge in [0.05, 0.1) is 6.33 Å². The monoisotopic (exact) mass is 235 g/mol. The molecule has 0 aliphatic heterocycles. The van der Waals surface area contributed by atoms with Crippen molar-refractivity contribution in [1.29, 1.82) is 0 Å². The Morgan fingerprint density at radius 1 is 1.44 bits per heavy atom. The first kappa shape index (κ1) is 11.4. The molecule has 2 aromatic heterocycles. The fourth-order valence-electron chi connectivity index (χ4n) is 1.60. The highest BCUT2D eigenvalue weighted by atomic mass is 32.1. The number of aromatic nitrogens is 2. The SMILES string of the molecule is Cc1cscc1CNCCCn1ccnc1. The van der Waals surface area contributed by atoms with Crippen LogP contribution in [-0.2, 0) is 13.1 Å². The third-order valence-electron chi connectivity index (χ3n) is 2.61. The molecule has 0 aromatic carbocycles. The van der Waals surface area contributed by atoms with Crippen LogP contribution in [0, 0.1) is 6.92 Å². The Morgan fingerprint density at radius 3 is 3.06 bits per heavy atom. The van der Waals surface area contributed by atoms with E-state index in [1.165, 1.54) is 11.1 Å². The molecule has 0 atom stereocenters. The molecule has 1 N–H and O–H groups in total. The normalized spacial score (nSPS) is 10.8. The summed E-state index contributed by atoms with van der Waals surface area (Å²) in [5.74, 6) is 0. The molecule has 2 aromatic rings. The van der Waals surface area contributed by atoms with Gasteiger partial charge in [-0.05, 0) is 41.8 Å². The van der Waals surface area contributed by atoms with Crippen LogP contribution in [0.25, 0.3) is 0 Å². The van der Waals surface area contributed by atoms with E-state index in [9.17, 15) is 0 Å². The standard InChI is InChI=1S/C12H17N3S/c1-11-8-16-9-12(11)7-13-3-2-5-15-6-4-14-10-15/h4,6,8-10,13H,2-3,5,7H2,1H3. The zero-order valence-electron chi connectivity index (χ0n) is 9.52. The average Bonchev–Trinajstić information content (AvgIpc) is 2.90. The smallest absolute Gasteiger partial charge is 0.0945 e. The molecule has 3 nitrogen and oxygen atoms in total. The van der Waals surface area contributed by atoms with E-state index in [-0.39, 0.29) is 0 Å². The first-order valence-corrected chi connectivity index (χ1v) is 6.48. The second kappa shape index (κ2) is 5.82. The minimum Gasteiger partial charge on any atom is -0.337 e. The summed E-state index contributed by atoms with van der Waals surface area (Å²) in [5.41, 5.74) is 2.82. The van der Waals surface area contributed by atoms with Gasteiger partial charge in [0, 0.05) is 25.5 Å². The summed E-state index contributed by atoms with van der Waals surface area (Å²) in [4.78, 5) is 4.02. The van der Waals surface area contributed by atoms with Gasteiger partial charge in [-0.3, -0.25) is 0 Å². The molecule has 2 rings (SSSR count). The van der Waals surface area contributed by atoms with Crippen LogP contribution in [0.4, 0.5) is 0 Å². The topological polar surface area (TPSA) is 29.9 Å². The zero-order chi connectivity index (χ0) is 11.2. The van der Waals surface area contributed by atoms with E-state index < -0.39 is 0 Å². The second-order valence-corrected chi connectivity index (χ2v) is 4.65. The summed E-state index contributed by atoms with van der Waals surface area (Å²) < 4.78 is 2.11. The van der Waals surface area contributed by atoms with Crippen LogP contribution in [-0.4, -0.2) is 16.1 Å². The van der Waals surface area contributed by atoms with Gasteiger partial charge in [0.1, 0.15) is 0 Å². The molecule has 4 heteroatoms. The highest BCUT2D eigenvalue weighted by Crippen LogP contribution is 2.12. The number of nitrogens with one attached hydrogen (secondary N) is 1. The molecule has 16 heavy (non-hydrogen) atoms. The Hall–Kier alpha value is -1.13. The first-order valence-electron chi connectivity index (χ1n) is 5.54. The van der Waals surface area contributed by atoms with Crippen molar-refractivity contribution in [3.05, 3.63) is 40.6 Å². The highest BCUT2D eigenvalue weighted by molar-refractivity contribution is 7.08. The Balaban J connectivity index is 1.61. The molecule has 0 aliphatic rings. The Bertz CT molecular complexity index is 406. The molecular formula is C12H17N3S. The molecule has 0 unspecified atom stereocenters. The number of rotatable bonds is 6. The van der Waals surface area contributed by atoms with Gasteiger partial charge in [0.2, 0.25) is 0 Å². The van der Waals surface area contributed by atoms with Gasteiger partial charge in [0.25, 0.3) is 0 Å². The van der Waals surface area contributed by atoms with Crippen molar-refractivity contribution in [2.45, 2.75) is 26.4 Å². The molecule has 0 radical (unpaired) electrons. The quantitative estimate of drug-likeness (QED) is 0.779. The predicted octanol–water partition coefficient (Wildman–Crippen LogP) is 2.43. The van der Waals surface area contributed by atoms with Gasteiger partial charge >= 0.3 is 0 Å². The number of aryl methyl sites for hydroxylation is 2. The van der Waals surface area contributed by atoms with E-state index >= 15 is 0 Å². The van der Waals surface area contributed by atoms with Crippen LogP contribution < -0.4 is 5.32 Å². The summed E-state index contributed by atoms with van der Waals surface area (Å²) in [5, 5.41) is 7.88. The third-order valence-corrected chi connectivity index (χ3v) is 3.52. The van der Waals surface area contributed by atoms with Crippen molar-refractivity contribution in [3.8, 4) is 0 Å². The molecule has 0 saturated carbocycles. The number of imidazole rings is 1. The molecule has 0 bridgehead atoms. The summed E-state index contributed by atoms with van der Waals surface area (Å²) in [7, 11) is 0. The molecule has 0 aliphatic carbocycles. The lowest BCUT2D eigenvalue weighted by Crippen LogP contribution is -2.16. The highest BCUT2D eigenvalue weighted by Gasteiger charge is 1.97. The number of thiophene rings is 1. The van der Waals surface area contributed by atoms with Crippen molar-refractivity contribution in [2.24, 2.45) is 0 Å². The molecule has 86 valence electrons. The maximum atomic E-state index is 4.02. The van der Waals surface area contributed by atoms with Crippen molar-refractivity contribution in [3.63, 3.8) is 0 Å². The average molecular weight is 235 g/mol. The van der Waals surface area contributed by atoms with E-state index in [4.69, 9.17) is 0 Å². The molecular weight excluding hydrogens is 218 g/mol. The fourth-order valence-corrected chi connectivity index (χ4v) is 2.45. The van der Waals surface area contributed by atoms with E-state index in [1.54, 1.807) is 11.3 Å². The van der Waals surface area contributed by atoms with Crippen molar-refractivity contribution in [2.75, 3.05) is 6.54 Å². The van der Waals surface area contributed by atoms with Crippen LogP contribution in [0.15, 0.2) is 29.5 Å². The summed E-state index contributed by atoms with van der Waals surface area (Å²) in [6.45, 7) is 5.24. The summed E-state index contributed by atoms with van der Waals surface area (Å²) in [6, 6.07) is 0. The largest absolute Gasteiger partial charge is 0.337 e. The van der Waals surface area contributed by atoms with E-state index in [1.807, 2.05) is 18.7 Å². The van der Waals surface area contributed by atoms with Gasteiger partial charge in [-0.25, -0.2) is 4.98 Å². The van der Waals surface area contributed by atoms with Crippen LogP contribution in [0.3, 0.4) is 0 Å². The summed E-state index contributed by atoms with van der Waals surface area (Å²) >= 11 is 1.78. The van der Waals surface area contributed by atoms with Gasteiger partial charge in [-0.2, -0.15) is 11.3 Å². The zero-order valence-corrected chi connectivity index (χ0v) is 10.3. The van der Waals surface area contributed by atoms with E-state index in [0.717, 1.165) is 26.1 Å². The maximum Gasteiger partial charge on any atom is 0.0945 e. The Morgan fingerprint density at radius 2 is 2.38 bits per heavy atom. The lowest BCUT2D eigenvalue weighted by atomic mass is 10.2. The van der Waals surface area contributed by atoms with Crippen molar-refractivity contribution < 1.29 is 0 Å². The molecule has 0 fully saturated rings.